The Bertz CT molecular complexity index is 471. The Balaban J connectivity index is 2.17. The first-order valence-corrected chi connectivity index (χ1v) is 5.83. The minimum atomic E-state index is 0.206. The van der Waals surface area contributed by atoms with Crippen LogP contribution in [0.4, 0.5) is 0 Å². The van der Waals surface area contributed by atoms with Crippen molar-refractivity contribution < 1.29 is 4.74 Å². The van der Waals surface area contributed by atoms with Crippen LogP contribution < -0.4 is 10.5 Å². The number of aromatic nitrogens is 1. The van der Waals surface area contributed by atoms with Crippen molar-refractivity contribution in [2.45, 2.75) is 26.5 Å². The highest BCUT2D eigenvalue weighted by Crippen LogP contribution is 2.23. The van der Waals surface area contributed by atoms with Crippen molar-refractivity contribution in [2.75, 3.05) is 0 Å². The second-order valence-electron chi connectivity index (χ2n) is 4.31. The summed E-state index contributed by atoms with van der Waals surface area (Å²) in [5.41, 5.74) is 8.93. The molecule has 0 aliphatic carbocycles. The number of hydrogen-bond acceptors (Lipinski definition) is 2. The summed E-state index contributed by atoms with van der Waals surface area (Å²) in [5, 5.41) is 0. The van der Waals surface area contributed by atoms with E-state index in [4.69, 9.17) is 10.5 Å². The summed E-state index contributed by atoms with van der Waals surface area (Å²) in [6.45, 7) is 4.58. The van der Waals surface area contributed by atoms with Crippen LogP contribution in [0, 0.1) is 0 Å². The molecule has 0 aliphatic rings. The highest BCUT2D eigenvalue weighted by molar-refractivity contribution is 5.64. The maximum Gasteiger partial charge on any atom is 0.119 e. The predicted molar refractivity (Wildman–Crippen MR) is 69.9 cm³/mol. The van der Waals surface area contributed by atoms with Gasteiger partial charge in [-0.25, -0.2) is 0 Å². The van der Waals surface area contributed by atoms with Crippen molar-refractivity contribution in [3.63, 3.8) is 0 Å². The van der Waals surface area contributed by atoms with E-state index < -0.39 is 0 Å². The normalized spacial score (nSPS) is 10.8. The number of benzene rings is 1. The van der Waals surface area contributed by atoms with Gasteiger partial charge in [-0.15, -0.1) is 0 Å². The van der Waals surface area contributed by atoms with Crippen molar-refractivity contribution >= 4 is 0 Å². The lowest BCUT2D eigenvalue weighted by Gasteiger charge is -2.09. The van der Waals surface area contributed by atoms with Crippen LogP contribution in [-0.2, 0) is 6.54 Å². The first-order chi connectivity index (χ1) is 8.19. The SMILES string of the molecule is CC(C)Oc1ccc(-c2c[nH]c(CN)c2)cc1. The fourth-order valence-corrected chi connectivity index (χ4v) is 1.72. The number of rotatable bonds is 4. The van der Waals surface area contributed by atoms with Gasteiger partial charge in [0.2, 0.25) is 0 Å². The van der Waals surface area contributed by atoms with Crippen LogP contribution in [0.15, 0.2) is 36.5 Å². The summed E-state index contributed by atoms with van der Waals surface area (Å²) in [7, 11) is 0. The Kier molecular flexibility index (Phi) is 3.49. The molecule has 1 heterocycles. The van der Waals surface area contributed by atoms with Gasteiger partial charge >= 0.3 is 0 Å². The monoisotopic (exact) mass is 230 g/mol. The number of ether oxygens (including phenoxy) is 1. The van der Waals surface area contributed by atoms with E-state index in [1.54, 1.807) is 0 Å². The van der Waals surface area contributed by atoms with Gasteiger partial charge in [0.1, 0.15) is 5.75 Å². The summed E-state index contributed by atoms with van der Waals surface area (Å²) in [4.78, 5) is 3.14. The Morgan fingerprint density at radius 3 is 2.41 bits per heavy atom. The van der Waals surface area contributed by atoms with Crippen molar-refractivity contribution in [1.82, 2.24) is 4.98 Å². The zero-order chi connectivity index (χ0) is 12.3. The lowest BCUT2D eigenvalue weighted by Crippen LogP contribution is -2.05. The molecule has 0 saturated heterocycles. The molecule has 1 aromatic carbocycles. The Labute approximate surface area is 102 Å². The van der Waals surface area contributed by atoms with Crippen LogP contribution in [0.2, 0.25) is 0 Å². The summed E-state index contributed by atoms with van der Waals surface area (Å²) in [5.74, 6) is 0.901. The first-order valence-electron chi connectivity index (χ1n) is 5.83. The second-order valence-corrected chi connectivity index (χ2v) is 4.31. The number of nitrogens with one attached hydrogen (secondary N) is 1. The van der Waals surface area contributed by atoms with Gasteiger partial charge in [0.05, 0.1) is 6.10 Å². The molecule has 0 saturated carbocycles. The fraction of sp³-hybridized carbons (Fsp3) is 0.286. The molecule has 0 radical (unpaired) electrons. The van der Waals surface area contributed by atoms with E-state index in [1.165, 1.54) is 0 Å². The molecule has 17 heavy (non-hydrogen) atoms. The molecule has 0 unspecified atom stereocenters. The molecule has 0 aliphatic heterocycles. The average molecular weight is 230 g/mol. The van der Waals surface area contributed by atoms with Gasteiger partial charge in [-0.2, -0.15) is 0 Å². The molecule has 0 amide bonds. The number of H-pyrrole nitrogens is 1. The van der Waals surface area contributed by atoms with Gasteiger partial charge in [-0.3, -0.25) is 0 Å². The minimum Gasteiger partial charge on any atom is -0.491 e. The number of hydrogen-bond donors (Lipinski definition) is 2. The molecular weight excluding hydrogens is 212 g/mol. The van der Waals surface area contributed by atoms with E-state index in [-0.39, 0.29) is 6.10 Å². The fourth-order valence-electron chi connectivity index (χ4n) is 1.72. The second kappa shape index (κ2) is 5.06. The maximum atomic E-state index is 5.60. The van der Waals surface area contributed by atoms with Gasteiger partial charge in [-0.05, 0) is 43.2 Å². The lowest BCUT2D eigenvalue weighted by atomic mass is 10.1. The Hall–Kier alpha value is -1.74. The summed E-state index contributed by atoms with van der Waals surface area (Å²) >= 11 is 0. The van der Waals surface area contributed by atoms with E-state index in [0.717, 1.165) is 22.6 Å². The van der Waals surface area contributed by atoms with Gasteiger partial charge in [-0.1, -0.05) is 12.1 Å². The summed E-state index contributed by atoms with van der Waals surface area (Å²) in [6.07, 6.45) is 2.18. The van der Waals surface area contributed by atoms with E-state index >= 15 is 0 Å². The van der Waals surface area contributed by atoms with Crippen LogP contribution >= 0.6 is 0 Å². The van der Waals surface area contributed by atoms with Crippen LogP contribution in [0.3, 0.4) is 0 Å². The predicted octanol–water partition coefficient (Wildman–Crippen LogP) is 2.93. The Morgan fingerprint density at radius 2 is 1.88 bits per heavy atom. The van der Waals surface area contributed by atoms with Crippen LogP contribution in [0.25, 0.3) is 11.1 Å². The van der Waals surface area contributed by atoms with Gasteiger partial charge in [0.15, 0.2) is 0 Å². The molecule has 2 aromatic rings. The molecule has 0 fully saturated rings. The third kappa shape index (κ3) is 2.88. The van der Waals surface area contributed by atoms with E-state index in [1.807, 2.05) is 32.2 Å². The molecule has 90 valence electrons. The first kappa shape index (κ1) is 11.7. The molecule has 3 N–H and O–H groups in total. The number of nitrogens with two attached hydrogens (primary N) is 1. The van der Waals surface area contributed by atoms with Crippen molar-refractivity contribution in [3.8, 4) is 16.9 Å². The topological polar surface area (TPSA) is 51.0 Å². The largest absolute Gasteiger partial charge is 0.491 e. The van der Waals surface area contributed by atoms with Gasteiger partial charge in [0, 0.05) is 18.4 Å². The van der Waals surface area contributed by atoms with Crippen molar-refractivity contribution in [2.24, 2.45) is 5.73 Å². The third-order valence-electron chi connectivity index (χ3n) is 2.52. The molecule has 3 nitrogen and oxygen atoms in total. The average Bonchev–Trinajstić information content (AvgIpc) is 2.78. The van der Waals surface area contributed by atoms with E-state index in [0.29, 0.717) is 6.54 Å². The quantitative estimate of drug-likeness (QED) is 0.848. The van der Waals surface area contributed by atoms with Crippen LogP contribution in [0.1, 0.15) is 19.5 Å². The molecular formula is C14H18N2O. The zero-order valence-corrected chi connectivity index (χ0v) is 10.2. The number of aromatic amines is 1. The molecule has 0 spiro atoms. The molecule has 0 bridgehead atoms. The smallest absolute Gasteiger partial charge is 0.119 e. The zero-order valence-electron chi connectivity index (χ0n) is 10.2. The maximum absolute atomic E-state index is 5.60. The summed E-state index contributed by atoms with van der Waals surface area (Å²) < 4.78 is 5.60. The molecule has 3 heteroatoms. The molecule has 1 aromatic heterocycles. The minimum absolute atomic E-state index is 0.206. The van der Waals surface area contributed by atoms with Crippen molar-refractivity contribution in [1.29, 1.82) is 0 Å². The van der Waals surface area contributed by atoms with E-state index in [2.05, 4.69) is 23.2 Å². The highest BCUT2D eigenvalue weighted by Gasteiger charge is 2.02. The van der Waals surface area contributed by atoms with Crippen LogP contribution in [-0.4, -0.2) is 11.1 Å². The highest BCUT2D eigenvalue weighted by atomic mass is 16.5. The molecule has 2 rings (SSSR count). The Morgan fingerprint density at radius 1 is 1.18 bits per heavy atom. The lowest BCUT2D eigenvalue weighted by molar-refractivity contribution is 0.242. The van der Waals surface area contributed by atoms with Crippen molar-refractivity contribution in [3.05, 3.63) is 42.2 Å². The third-order valence-corrected chi connectivity index (χ3v) is 2.52. The summed E-state index contributed by atoms with van der Waals surface area (Å²) in [6, 6.07) is 10.2. The molecule has 0 atom stereocenters. The van der Waals surface area contributed by atoms with Gasteiger partial charge in [0.25, 0.3) is 0 Å². The van der Waals surface area contributed by atoms with Crippen LogP contribution in [0.5, 0.6) is 5.75 Å². The van der Waals surface area contributed by atoms with E-state index in [9.17, 15) is 0 Å². The standard InChI is InChI=1S/C14H18N2O/c1-10(2)17-14-5-3-11(4-6-14)12-7-13(8-15)16-9-12/h3-7,9-10,16H,8,15H2,1-2H3. The van der Waals surface area contributed by atoms with Gasteiger partial charge < -0.3 is 15.5 Å².